The van der Waals surface area contributed by atoms with Crippen LogP contribution in [0.2, 0.25) is 0 Å². The summed E-state index contributed by atoms with van der Waals surface area (Å²) < 4.78 is 27.1. The van der Waals surface area contributed by atoms with Gasteiger partial charge in [-0.05, 0) is 44.4 Å². The molecule has 1 aliphatic rings. The molecule has 3 heterocycles. The van der Waals surface area contributed by atoms with E-state index in [1.54, 1.807) is 36.3 Å². The monoisotopic (exact) mass is 377 g/mol. The summed E-state index contributed by atoms with van der Waals surface area (Å²) in [5, 5.41) is 2.98. The fourth-order valence-electron chi connectivity index (χ4n) is 3.01. The van der Waals surface area contributed by atoms with Crippen molar-refractivity contribution in [3.63, 3.8) is 0 Å². The van der Waals surface area contributed by atoms with E-state index in [4.69, 9.17) is 0 Å². The lowest BCUT2D eigenvalue weighted by Gasteiger charge is -2.31. The molecule has 1 amide bonds. The minimum atomic E-state index is -3.16. The van der Waals surface area contributed by atoms with Crippen LogP contribution in [-0.4, -0.2) is 58.0 Å². The Bertz CT molecular complexity index is 872. The Morgan fingerprint density at radius 2 is 2.04 bits per heavy atom. The smallest absolute Gasteiger partial charge is 0.270 e. The molecule has 0 radical (unpaired) electrons. The Morgan fingerprint density at radius 3 is 2.65 bits per heavy atom. The van der Waals surface area contributed by atoms with E-state index < -0.39 is 10.0 Å². The molecule has 0 aromatic carbocycles. The SMILES string of the molecule is CCS(=O)(=O)N1CCC(NC(=O)c2cc(C)cc(-n3ccnc3)n2)CC1. The molecular formula is C17H23N5O3S. The maximum atomic E-state index is 12.6. The number of carbonyl (C=O) groups is 1. The zero-order valence-corrected chi connectivity index (χ0v) is 15.7. The molecule has 26 heavy (non-hydrogen) atoms. The van der Waals surface area contributed by atoms with Crippen molar-refractivity contribution in [2.75, 3.05) is 18.8 Å². The van der Waals surface area contributed by atoms with Gasteiger partial charge in [0.05, 0.1) is 5.75 Å². The van der Waals surface area contributed by atoms with Gasteiger partial charge in [0.25, 0.3) is 5.91 Å². The van der Waals surface area contributed by atoms with E-state index in [-0.39, 0.29) is 17.7 Å². The van der Waals surface area contributed by atoms with Gasteiger partial charge in [0.1, 0.15) is 17.8 Å². The maximum Gasteiger partial charge on any atom is 0.270 e. The number of nitrogens with zero attached hydrogens (tertiary/aromatic N) is 4. The highest BCUT2D eigenvalue weighted by Crippen LogP contribution is 2.16. The zero-order chi connectivity index (χ0) is 18.7. The number of imidazole rings is 1. The summed E-state index contributed by atoms with van der Waals surface area (Å²) in [6.07, 6.45) is 6.26. The second kappa shape index (κ2) is 7.55. The molecule has 1 saturated heterocycles. The third-order valence-electron chi connectivity index (χ3n) is 4.51. The topological polar surface area (TPSA) is 97.2 Å². The first kappa shape index (κ1) is 18.5. The highest BCUT2D eigenvalue weighted by Gasteiger charge is 2.27. The van der Waals surface area contributed by atoms with Crippen molar-refractivity contribution in [1.29, 1.82) is 0 Å². The molecule has 3 rings (SSSR count). The molecule has 0 atom stereocenters. The zero-order valence-electron chi connectivity index (χ0n) is 14.9. The van der Waals surface area contributed by atoms with Crippen molar-refractivity contribution in [2.24, 2.45) is 0 Å². The van der Waals surface area contributed by atoms with E-state index in [0.29, 0.717) is 37.4 Å². The second-order valence-corrected chi connectivity index (χ2v) is 8.66. The number of aromatic nitrogens is 3. The molecule has 0 unspecified atom stereocenters. The molecule has 8 nitrogen and oxygen atoms in total. The van der Waals surface area contributed by atoms with Gasteiger partial charge in [-0.25, -0.2) is 22.7 Å². The number of carbonyl (C=O) groups excluding carboxylic acids is 1. The summed E-state index contributed by atoms with van der Waals surface area (Å²) in [7, 11) is -3.16. The predicted molar refractivity (Wildman–Crippen MR) is 97.6 cm³/mol. The van der Waals surface area contributed by atoms with Crippen LogP contribution in [0.15, 0.2) is 30.9 Å². The van der Waals surface area contributed by atoms with Gasteiger partial charge in [0.15, 0.2) is 0 Å². The Morgan fingerprint density at radius 1 is 1.31 bits per heavy atom. The van der Waals surface area contributed by atoms with Crippen LogP contribution in [0.3, 0.4) is 0 Å². The molecule has 1 N–H and O–H groups in total. The molecule has 2 aromatic rings. The molecule has 1 fully saturated rings. The van der Waals surface area contributed by atoms with Crippen LogP contribution in [0.5, 0.6) is 0 Å². The normalized spacial score (nSPS) is 16.5. The molecule has 9 heteroatoms. The standard InChI is InChI=1S/C17H23N5O3S/c1-3-26(24,25)22-7-4-14(5-8-22)19-17(23)15-10-13(2)11-16(20-15)21-9-6-18-12-21/h6,9-12,14H,3-5,7-8H2,1-2H3,(H,19,23). The van der Waals surface area contributed by atoms with E-state index in [1.165, 1.54) is 4.31 Å². The molecule has 0 aliphatic carbocycles. The largest absolute Gasteiger partial charge is 0.348 e. The molecule has 0 saturated carbocycles. The first-order valence-corrected chi connectivity index (χ1v) is 10.3. The van der Waals surface area contributed by atoms with E-state index >= 15 is 0 Å². The summed E-state index contributed by atoms with van der Waals surface area (Å²) in [6, 6.07) is 3.57. The van der Waals surface area contributed by atoms with Gasteiger partial charge >= 0.3 is 0 Å². The van der Waals surface area contributed by atoms with E-state index in [2.05, 4.69) is 15.3 Å². The summed E-state index contributed by atoms with van der Waals surface area (Å²) >= 11 is 0. The highest BCUT2D eigenvalue weighted by atomic mass is 32.2. The summed E-state index contributed by atoms with van der Waals surface area (Å²) in [6.45, 7) is 4.42. The van der Waals surface area contributed by atoms with Crippen LogP contribution in [0.1, 0.15) is 35.8 Å². The van der Waals surface area contributed by atoms with Crippen LogP contribution in [0.4, 0.5) is 0 Å². The highest BCUT2D eigenvalue weighted by molar-refractivity contribution is 7.89. The molecule has 0 spiro atoms. The molecule has 2 aromatic heterocycles. The summed E-state index contributed by atoms with van der Waals surface area (Å²) in [5.41, 5.74) is 1.27. The fraction of sp³-hybridized carbons (Fsp3) is 0.471. The van der Waals surface area contributed by atoms with Gasteiger partial charge in [-0.2, -0.15) is 0 Å². The quantitative estimate of drug-likeness (QED) is 0.842. The number of pyridine rings is 1. The Kier molecular flexibility index (Phi) is 5.38. The van der Waals surface area contributed by atoms with E-state index in [0.717, 1.165) is 5.56 Å². The minimum absolute atomic E-state index is 0.0511. The van der Waals surface area contributed by atoms with Crippen molar-refractivity contribution in [3.05, 3.63) is 42.1 Å². The molecular weight excluding hydrogens is 354 g/mol. The molecule has 1 aliphatic heterocycles. The Labute approximate surface area is 153 Å². The lowest BCUT2D eigenvalue weighted by molar-refractivity contribution is 0.0918. The number of hydrogen-bond donors (Lipinski definition) is 1. The number of sulfonamides is 1. The first-order chi connectivity index (χ1) is 12.4. The second-order valence-electron chi connectivity index (χ2n) is 6.41. The first-order valence-electron chi connectivity index (χ1n) is 8.65. The fourth-order valence-corrected chi connectivity index (χ4v) is 4.14. The van der Waals surface area contributed by atoms with Gasteiger partial charge < -0.3 is 5.32 Å². The van der Waals surface area contributed by atoms with Crippen molar-refractivity contribution in [1.82, 2.24) is 24.2 Å². The number of amides is 1. The summed E-state index contributed by atoms with van der Waals surface area (Å²) in [5.74, 6) is 0.497. The van der Waals surface area contributed by atoms with Crippen LogP contribution in [0.25, 0.3) is 5.82 Å². The van der Waals surface area contributed by atoms with Gasteiger partial charge in [0.2, 0.25) is 10.0 Å². The van der Waals surface area contributed by atoms with Crippen LogP contribution in [-0.2, 0) is 10.0 Å². The molecule has 0 bridgehead atoms. The number of piperidine rings is 1. The van der Waals surface area contributed by atoms with E-state index in [1.807, 2.05) is 13.0 Å². The third kappa shape index (κ3) is 4.10. The van der Waals surface area contributed by atoms with Crippen molar-refractivity contribution < 1.29 is 13.2 Å². The molecule has 140 valence electrons. The Balaban J connectivity index is 1.66. The lowest BCUT2D eigenvalue weighted by atomic mass is 10.1. The van der Waals surface area contributed by atoms with E-state index in [9.17, 15) is 13.2 Å². The lowest BCUT2D eigenvalue weighted by Crippen LogP contribution is -2.47. The number of hydrogen-bond acceptors (Lipinski definition) is 5. The predicted octanol–water partition coefficient (Wildman–Crippen LogP) is 1.12. The van der Waals surface area contributed by atoms with Crippen LogP contribution in [0, 0.1) is 6.92 Å². The average molecular weight is 377 g/mol. The van der Waals surface area contributed by atoms with Gasteiger partial charge in [-0.1, -0.05) is 0 Å². The maximum absolute atomic E-state index is 12.6. The number of rotatable bonds is 5. The Hall–Kier alpha value is -2.26. The van der Waals surface area contributed by atoms with Crippen LogP contribution < -0.4 is 5.32 Å². The van der Waals surface area contributed by atoms with Crippen LogP contribution >= 0.6 is 0 Å². The number of nitrogens with one attached hydrogen (secondary N) is 1. The van der Waals surface area contributed by atoms with Gasteiger partial charge in [0, 0.05) is 31.5 Å². The van der Waals surface area contributed by atoms with Crippen molar-refractivity contribution >= 4 is 15.9 Å². The van der Waals surface area contributed by atoms with Crippen molar-refractivity contribution in [3.8, 4) is 5.82 Å². The van der Waals surface area contributed by atoms with Gasteiger partial charge in [-0.3, -0.25) is 9.36 Å². The summed E-state index contributed by atoms with van der Waals surface area (Å²) in [4.78, 5) is 21.0. The number of aryl methyl sites for hydroxylation is 1. The average Bonchev–Trinajstić information content (AvgIpc) is 3.16. The van der Waals surface area contributed by atoms with Gasteiger partial charge in [-0.15, -0.1) is 0 Å². The minimum Gasteiger partial charge on any atom is -0.348 e. The third-order valence-corrected chi connectivity index (χ3v) is 6.39. The van der Waals surface area contributed by atoms with Crippen molar-refractivity contribution in [2.45, 2.75) is 32.7 Å².